The van der Waals surface area contributed by atoms with Crippen LogP contribution in [0.4, 0.5) is 0 Å². The zero-order valence-corrected chi connectivity index (χ0v) is 21.0. The minimum absolute atomic E-state index is 0.0583. The molecule has 2 saturated heterocycles. The molecule has 0 spiro atoms. The molecule has 3 aliphatic rings. The van der Waals surface area contributed by atoms with E-state index >= 15 is 0 Å². The number of hydrogen-bond donors (Lipinski definition) is 0. The lowest BCUT2D eigenvalue weighted by molar-refractivity contribution is -0.138. The van der Waals surface area contributed by atoms with E-state index in [1.165, 1.54) is 4.31 Å². The molecule has 0 N–H and O–H groups in total. The molecule has 2 atom stereocenters. The average Bonchev–Trinajstić information content (AvgIpc) is 3.27. The van der Waals surface area contributed by atoms with Gasteiger partial charge in [0.15, 0.2) is 11.5 Å². The van der Waals surface area contributed by atoms with E-state index in [4.69, 9.17) is 9.47 Å². The fraction of sp³-hybridized carbons (Fsp3) is 0.500. The van der Waals surface area contributed by atoms with Crippen molar-refractivity contribution >= 4 is 15.9 Å². The lowest BCUT2D eigenvalue weighted by Gasteiger charge is -2.38. The van der Waals surface area contributed by atoms with Gasteiger partial charge in [-0.15, -0.1) is 0 Å². The molecular weight excluding hydrogens is 466 g/mol. The fourth-order valence-corrected chi connectivity index (χ4v) is 6.74. The van der Waals surface area contributed by atoms with Crippen LogP contribution in [0.25, 0.3) is 0 Å². The van der Waals surface area contributed by atoms with E-state index in [9.17, 15) is 13.2 Å². The van der Waals surface area contributed by atoms with Gasteiger partial charge in [0.2, 0.25) is 15.9 Å². The van der Waals surface area contributed by atoms with Crippen molar-refractivity contribution in [2.75, 3.05) is 45.9 Å². The van der Waals surface area contributed by atoms with Crippen LogP contribution in [0.5, 0.6) is 11.5 Å². The summed E-state index contributed by atoms with van der Waals surface area (Å²) >= 11 is 0. The predicted molar refractivity (Wildman–Crippen MR) is 132 cm³/mol. The Morgan fingerprint density at radius 3 is 2.37 bits per heavy atom. The van der Waals surface area contributed by atoms with Gasteiger partial charge in [-0.25, -0.2) is 8.42 Å². The molecule has 0 radical (unpaired) electrons. The third-order valence-electron chi connectivity index (χ3n) is 7.24. The standard InChI is InChI=1S/C26H33N3O5S/c1-20(26(30)27-13-15-28(16-14-27)35(31,32)22-7-3-2-4-8-22)29-12-5-9-23(29)21-10-11-24-25(19-21)34-18-6-17-33-24/h2-4,7-8,10-11,19-20,23H,5-6,9,12-18H2,1H3/t20-,23-/m0/s1. The van der Waals surface area contributed by atoms with E-state index in [0.29, 0.717) is 44.3 Å². The van der Waals surface area contributed by atoms with Crippen molar-refractivity contribution in [1.29, 1.82) is 0 Å². The Hall–Kier alpha value is -2.62. The lowest BCUT2D eigenvalue weighted by Crippen LogP contribution is -2.55. The summed E-state index contributed by atoms with van der Waals surface area (Å²) in [7, 11) is -3.54. The molecule has 2 aromatic carbocycles. The van der Waals surface area contributed by atoms with Crippen LogP contribution in [0, 0.1) is 0 Å². The highest BCUT2D eigenvalue weighted by Gasteiger charge is 2.37. The number of piperazine rings is 1. The summed E-state index contributed by atoms with van der Waals surface area (Å²) < 4.78 is 39.0. The summed E-state index contributed by atoms with van der Waals surface area (Å²) in [6.45, 7) is 5.54. The fourth-order valence-electron chi connectivity index (χ4n) is 5.29. The van der Waals surface area contributed by atoms with Crippen LogP contribution < -0.4 is 9.47 Å². The first kappa shape index (κ1) is 24.1. The third kappa shape index (κ3) is 4.90. The van der Waals surface area contributed by atoms with Crippen molar-refractivity contribution in [2.24, 2.45) is 0 Å². The number of benzene rings is 2. The number of rotatable bonds is 5. The van der Waals surface area contributed by atoms with Gasteiger partial charge >= 0.3 is 0 Å². The first-order valence-corrected chi connectivity index (χ1v) is 13.9. The van der Waals surface area contributed by atoms with Gasteiger partial charge in [0.05, 0.1) is 24.2 Å². The van der Waals surface area contributed by atoms with Crippen LogP contribution in [-0.2, 0) is 14.8 Å². The molecule has 0 aliphatic carbocycles. The predicted octanol–water partition coefficient (Wildman–Crippen LogP) is 2.91. The molecule has 3 heterocycles. The SMILES string of the molecule is C[C@@H](C(=O)N1CCN(S(=O)(=O)c2ccccc2)CC1)N1CCC[C@H]1c1ccc2c(c1)OCCCO2. The second-order valence-electron chi connectivity index (χ2n) is 9.37. The molecule has 0 aromatic heterocycles. The van der Waals surface area contributed by atoms with Gasteiger partial charge in [-0.3, -0.25) is 9.69 Å². The smallest absolute Gasteiger partial charge is 0.243 e. The maximum atomic E-state index is 13.4. The van der Waals surface area contributed by atoms with Crippen LogP contribution in [0.15, 0.2) is 53.4 Å². The molecule has 0 unspecified atom stereocenters. The Morgan fingerprint density at radius 1 is 0.914 bits per heavy atom. The molecule has 1 amide bonds. The van der Waals surface area contributed by atoms with E-state index in [1.807, 2.05) is 17.9 Å². The number of fused-ring (bicyclic) bond motifs is 1. The van der Waals surface area contributed by atoms with Crippen LogP contribution in [-0.4, -0.2) is 80.4 Å². The quantitative estimate of drug-likeness (QED) is 0.630. The van der Waals surface area contributed by atoms with Crippen LogP contribution in [0.3, 0.4) is 0 Å². The highest BCUT2D eigenvalue weighted by molar-refractivity contribution is 7.89. The zero-order chi connectivity index (χ0) is 24.4. The zero-order valence-electron chi connectivity index (χ0n) is 20.1. The van der Waals surface area contributed by atoms with Gasteiger partial charge in [0.25, 0.3) is 0 Å². The monoisotopic (exact) mass is 499 g/mol. The molecule has 8 nitrogen and oxygen atoms in total. The molecule has 188 valence electrons. The normalized spacial score (nSPS) is 22.5. The maximum absolute atomic E-state index is 13.4. The van der Waals surface area contributed by atoms with Crippen molar-refractivity contribution in [3.63, 3.8) is 0 Å². The number of amides is 1. The molecule has 5 rings (SSSR count). The van der Waals surface area contributed by atoms with Crippen LogP contribution >= 0.6 is 0 Å². The second-order valence-corrected chi connectivity index (χ2v) is 11.3. The summed E-state index contributed by atoms with van der Waals surface area (Å²) in [5.74, 6) is 1.62. The van der Waals surface area contributed by atoms with E-state index in [0.717, 1.165) is 42.9 Å². The largest absolute Gasteiger partial charge is 0.490 e. The van der Waals surface area contributed by atoms with Crippen LogP contribution in [0.2, 0.25) is 0 Å². The molecular formula is C26H33N3O5S. The Labute approximate surface area is 207 Å². The number of likely N-dealkylation sites (tertiary alicyclic amines) is 1. The molecule has 35 heavy (non-hydrogen) atoms. The highest BCUT2D eigenvalue weighted by Crippen LogP contribution is 2.39. The highest BCUT2D eigenvalue weighted by atomic mass is 32.2. The number of nitrogens with zero attached hydrogens (tertiary/aromatic N) is 3. The van der Waals surface area contributed by atoms with Crippen molar-refractivity contribution < 1.29 is 22.7 Å². The Kier molecular flexibility index (Phi) is 7.00. The van der Waals surface area contributed by atoms with Gasteiger partial charge in [-0.2, -0.15) is 4.31 Å². The van der Waals surface area contributed by atoms with E-state index in [2.05, 4.69) is 17.0 Å². The van der Waals surface area contributed by atoms with E-state index in [1.54, 1.807) is 30.3 Å². The van der Waals surface area contributed by atoms with Crippen molar-refractivity contribution in [3.05, 3.63) is 54.1 Å². The van der Waals surface area contributed by atoms with E-state index < -0.39 is 10.0 Å². The molecule has 3 aliphatic heterocycles. The maximum Gasteiger partial charge on any atom is 0.243 e. The summed E-state index contributed by atoms with van der Waals surface area (Å²) in [6, 6.07) is 14.5. The number of hydrogen-bond acceptors (Lipinski definition) is 6. The molecule has 2 fully saturated rings. The number of ether oxygens (including phenoxy) is 2. The van der Waals surface area contributed by atoms with Crippen LogP contribution in [0.1, 0.15) is 37.8 Å². The number of sulfonamides is 1. The molecule has 2 aromatic rings. The molecule has 0 bridgehead atoms. The summed E-state index contributed by atoms with van der Waals surface area (Å²) in [6.07, 6.45) is 2.88. The average molecular weight is 500 g/mol. The van der Waals surface area contributed by atoms with Gasteiger partial charge in [0.1, 0.15) is 0 Å². The van der Waals surface area contributed by atoms with Gasteiger partial charge in [-0.1, -0.05) is 24.3 Å². The van der Waals surface area contributed by atoms with E-state index in [-0.39, 0.29) is 18.0 Å². The van der Waals surface area contributed by atoms with Gasteiger partial charge in [0, 0.05) is 38.6 Å². The minimum atomic E-state index is -3.54. The number of carbonyl (C=O) groups excluding carboxylic acids is 1. The Balaban J connectivity index is 1.24. The summed E-state index contributed by atoms with van der Waals surface area (Å²) in [5.41, 5.74) is 1.14. The van der Waals surface area contributed by atoms with Crippen molar-refractivity contribution in [1.82, 2.24) is 14.1 Å². The summed E-state index contributed by atoms with van der Waals surface area (Å²) in [5, 5.41) is 0. The van der Waals surface area contributed by atoms with Crippen molar-refractivity contribution in [2.45, 2.75) is 43.2 Å². The number of carbonyl (C=O) groups is 1. The first-order valence-electron chi connectivity index (χ1n) is 12.4. The Morgan fingerprint density at radius 2 is 1.63 bits per heavy atom. The second kappa shape index (κ2) is 10.2. The summed E-state index contributed by atoms with van der Waals surface area (Å²) in [4.78, 5) is 17.8. The molecule has 9 heteroatoms. The minimum Gasteiger partial charge on any atom is -0.490 e. The topological polar surface area (TPSA) is 79.4 Å². The third-order valence-corrected chi connectivity index (χ3v) is 9.15. The molecule has 0 saturated carbocycles. The van der Waals surface area contributed by atoms with Gasteiger partial charge in [-0.05, 0) is 56.1 Å². The lowest BCUT2D eigenvalue weighted by atomic mass is 10.0. The van der Waals surface area contributed by atoms with Gasteiger partial charge < -0.3 is 14.4 Å². The first-order chi connectivity index (χ1) is 16.9. The Bertz CT molecular complexity index is 1150. The van der Waals surface area contributed by atoms with Crippen molar-refractivity contribution in [3.8, 4) is 11.5 Å².